The van der Waals surface area contributed by atoms with Crippen molar-refractivity contribution in [2.24, 2.45) is 0 Å². The van der Waals surface area contributed by atoms with Gasteiger partial charge in [0.25, 0.3) is 11.8 Å². The van der Waals surface area contributed by atoms with Crippen molar-refractivity contribution in [2.45, 2.75) is 6.42 Å². The van der Waals surface area contributed by atoms with Crippen LogP contribution in [0.5, 0.6) is 0 Å². The molecule has 0 spiro atoms. The van der Waals surface area contributed by atoms with Gasteiger partial charge in [-0.1, -0.05) is 46.4 Å². The third-order valence-corrected chi connectivity index (χ3v) is 5.16. The average Bonchev–Trinajstić information content (AvgIpc) is 2.85. The first-order chi connectivity index (χ1) is 12.8. The first-order valence-corrected chi connectivity index (χ1v) is 9.85. The van der Waals surface area contributed by atoms with E-state index in [1.54, 1.807) is 46.2 Å². The molecule has 1 fully saturated rings. The number of amides is 2. The lowest BCUT2D eigenvalue weighted by Gasteiger charge is -2.22. The fourth-order valence-electron chi connectivity index (χ4n) is 3.04. The predicted molar refractivity (Wildman–Crippen MR) is 109 cm³/mol. The highest BCUT2D eigenvalue weighted by Crippen LogP contribution is 2.22. The van der Waals surface area contributed by atoms with E-state index in [-0.39, 0.29) is 11.8 Å². The molecule has 2 aromatic rings. The molecule has 8 heteroatoms. The molecule has 1 saturated heterocycles. The second-order valence-electron chi connectivity index (χ2n) is 6.25. The molecule has 0 radical (unpaired) electrons. The van der Waals surface area contributed by atoms with Crippen LogP contribution in [0.3, 0.4) is 0 Å². The van der Waals surface area contributed by atoms with Crippen LogP contribution in [0.1, 0.15) is 27.1 Å². The quantitative estimate of drug-likeness (QED) is 0.630. The molecule has 2 amide bonds. The Bertz CT molecular complexity index is 776. The van der Waals surface area contributed by atoms with Crippen LogP contribution in [0.2, 0.25) is 20.1 Å². The van der Waals surface area contributed by atoms with Crippen LogP contribution in [0.25, 0.3) is 0 Å². The molecular formula is C19H16Cl4N2O2. The molecule has 4 nitrogen and oxygen atoms in total. The van der Waals surface area contributed by atoms with Crippen LogP contribution < -0.4 is 0 Å². The number of benzene rings is 2. The fraction of sp³-hybridized carbons (Fsp3) is 0.263. The van der Waals surface area contributed by atoms with Crippen LogP contribution in [-0.4, -0.2) is 47.8 Å². The molecule has 0 N–H and O–H groups in total. The summed E-state index contributed by atoms with van der Waals surface area (Å²) in [6, 6.07) is 9.54. The number of nitrogens with zero attached hydrogens (tertiary/aromatic N) is 2. The third kappa shape index (κ3) is 5.08. The smallest absolute Gasteiger partial charge is 0.254 e. The molecule has 27 heavy (non-hydrogen) atoms. The zero-order valence-corrected chi connectivity index (χ0v) is 17.2. The normalized spacial score (nSPS) is 14.8. The molecule has 0 saturated carbocycles. The summed E-state index contributed by atoms with van der Waals surface area (Å²) in [5, 5.41) is 1.65. The molecular weight excluding hydrogens is 430 g/mol. The van der Waals surface area contributed by atoms with Gasteiger partial charge in [-0.15, -0.1) is 0 Å². The van der Waals surface area contributed by atoms with E-state index in [1.807, 2.05) is 0 Å². The van der Waals surface area contributed by atoms with Gasteiger partial charge in [-0.2, -0.15) is 0 Å². The number of hydrogen-bond donors (Lipinski definition) is 0. The predicted octanol–water partition coefficient (Wildman–Crippen LogP) is 5.29. The molecule has 2 aromatic carbocycles. The monoisotopic (exact) mass is 444 g/mol. The number of hydrogen-bond acceptors (Lipinski definition) is 2. The van der Waals surface area contributed by atoms with Crippen molar-refractivity contribution < 1.29 is 9.59 Å². The first-order valence-electron chi connectivity index (χ1n) is 8.34. The summed E-state index contributed by atoms with van der Waals surface area (Å²) in [4.78, 5) is 28.9. The van der Waals surface area contributed by atoms with Gasteiger partial charge in [0.15, 0.2) is 0 Å². The topological polar surface area (TPSA) is 40.6 Å². The summed E-state index contributed by atoms with van der Waals surface area (Å²) in [7, 11) is 0. The van der Waals surface area contributed by atoms with Crippen molar-refractivity contribution >= 4 is 58.2 Å². The number of carbonyl (C=O) groups excluding carboxylic acids is 2. The highest BCUT2D eigenvalue weighted by atomic mass is 35.5. The van der Waals surface area contributed by atoms with Crippen molar-refractivity contribution in [1.82, 2.24) is 9.80 Å². The van der Waals surface area contributed by atoms with Gasteiger partial charge < -0.3 is 9.80 Å². The Morgan fingerprint density at radius 2 is 0.926 bits per heavy atom. The van der Waals surface area contributed by atoms with E-state index >= 15 is 0 Å². The van der Waals surface area contributed by atoms with E-state index in [4.69, 9.17) is 46.4 Å². The standard InChI is InChI=1S/C19H16Cl4N2O2/c20-14-6-12(7-15(21)10-14)18(26)24-2-1-3-25(5-4-24)19(27)13-8-16(22)11-17(23)9-13/h6-11H,1-5H2. The molecule has 3 rings (SSSR count). The van der Waals surface area contributed by atoms with Gasteiger partial charge in [-0.05, 0) is 42.8 Å². The Balaban J connectivity index is 1.71. The minimum atomic E-state index is -0.153. The second kappa shape index (κ2) is 8.70. The van der Waals surface area contributed by atoms with E-state index in [0.717, 1.165) is 0 Å². The summed E-state index contributed by atoms with van der Waals surface area (Å²) in [6.07, 6.45) is 0.667. The Hall–Kier alpha value is -1.46. The van der Waals surface area contributed by atoms with Gasteiger partial charge in [-0.3, -0.25) is 9.59 Å². The van der Waals surface area contributed by atoms with Crippen molar-refractivity contribution in [3.05, 3.63) is 67.6 Å². The summed E-state index contributed by atoms with van der Waals surface area (Å²) in [6.45, 7) is 1.93. The Morgan fingerprint density at radius 1 is 0.593 bits per heavy atom. The molecule has 142 valence electrons. The lowest BCUT2D eigenvalue weighted by molar-refractivity contribution is 0.0719. The van der Waals surface area contributed by atoms with Crippen LogP contribution in [0.15, 0.2) is 36.4 Å². The van der Waals surface area contributed by atoms with Crippen LogP contribution in [0.4, 0.5) is 0 Å². The van der Waals surface area contributed by atoms with Gasteiger partial charge in [0.2, 0.25) is 0 Å². The number of rotatable bonds is 2. The zero-order chi connectivity index (χ0) is 19.6. The number of halogens is 4. The van der Waals surface area contributed by atoms with Gasteiger partial charge in [0.05, 0.1) is 0 Å². The Morgan fingerprint density at radius 3 is 1.26 bits per heavy atom. The maximum atomic E-state index is 12.8. The molecule has 0 bridgehead atoms. The summed E-state index contributed by atoms with van der Waals surface area (Å²) < 4.78 is 0. The van der Waals surface area contributed by atoms with Crippen molar-refractivity contribution in [1.29, 1.82) is 0 Å². The Kier molecular flexibility index (Phi) is 6.53. The molecule has 1 aliphatic heterocycles. The van der Waals surface area contributed by atoms with Gasteiger partial charge in [0.1, 0.15) is 0 Å². The summed E-state index contributed by atoms with van der Waals surface area (Å²) in [5.74, 6) is -0.306. The van der Waals surface area contributed by atoms with E-state index < -0.39 is 0 Å². The second-order valence-corrected chi connectivity index (χ2v) is 8.00. The van der Waals surface area contributed by atoms with E-state index in [0.29, 0.717) is 63.8 Å². The van der Waals surface area contributed by atoms with Crippen molar-refractivity contribution in [3.63, 3.8) is 0 Å². The van der Waals surface area contributed by atoms with E-state index in [1.165, 1.54) is 0 Å². The molecule has 0 atom stereocenters. The summed E-state index contributed by atoms with van der Waals surface area (Å²) in [5.41, 5.74) is 0.878. The number of carbonyl (C=O) groups is 2. The largest absolute Gasteiger partial charge is 0.337 e. The highest BCUT2D eigenvalue weighted by Gasteiger charge is 2.24. The summed E-state index contributed by atoms with van der Waals surface area (Å²) >= 11 is 24.0. The molecule has 1 heterocycles. The zero-order valence-electron chi connectivity index (χ0n) is 14.2. The van der Waals surface area contributed by atoms with Gasteiger partial charge >= 0.3 is 0 Å². The van der Waals surface area contributed by atoms with E-state index in [2.05, 4.69) is 0 Å². The molecule has 0 aromatic heterocycles. The van der Waals surface area contributed by atoms with Crippen molar-refractivity contribution in [2.75, 3.05) is 26.2 Å². The van der Waals surface area contributed by atoms with Crippen LogP contribution in [0, 0.1) is 0 Å². The SMILES string of the molecule is O=C(c1cc(Cl)cc(Cl)c1)N1CCCN(C(=O)c2cc(Cl)cc(Cl)c2)CC1. The fourth-order valence-corrected chi connectivity index (χ4v) is 4.10. The van der Waals surface area contributed by atoms with Crippen LogP contribution in [-0.2, 0) is 0 Å². The van der Waals surface area contributed by atoms with Gasteiger partial charge in [-0.25, -0.2) is 0 Å². The maximum Gasteiger partial charge on any atom is 0.254 e. The molecule has 0 aliphatic carbocycles. The minimum absolute atomic E-state index is 0.153. The Labute approximate surface area is 177 Å². The minimum Gasteiger partial charge on any atom is -0.337 e. The molecule has 0 unspecified atom stereocenters. The average molecular weight is 446 g/mol. The first kappa shape index (κ1) is 20.3. The maximum absolute atomic E-state index is 12.8. The van der Waals surface area contributed by atoms with Crippen molar-refractivity contribution in [3.8, 4) is 0 Å². The third-order valence-electron chi connectivity index (χ3n) is 4.29. The molecule has 1 aliphatic rings. The van der Waals surface area contributed by atoms with E-state index in [9.17, 15) is 9.59 Å². The highest BCUT2D eigenvalue weighted by molar-refractivity contribution is 6.35. The lowest BCUT2D eigenvalue weighted by atomic mass is 10.2. The lowest BCUT2D eigenvalue weighted by Crippen LogP contribution is -2.37. The van der Waals surface area contributed by atoms with Gasteiger partial charge in [0, 0.05) is 57.4 Å². The van der Waals surface area contributed by atoms with Crippen LogP contribution >= 0.6 is 46.4 Å².